The van der Waals surface area contributed by atoms with Crippen molar-refractivity contribution >= 4 is 51.5 Å². The Kier molecular flexibility index (Phi) is 4.25. The van der Waals surface area contributed by atoms with Gasteiger partial charge in [0.25, 0.3) is 0 Å². The zero-order valence-corrected chi connectivity index (χ0v) is 16.3. The Morgan fingerprint density at radius 2 is 1.96 bits per heavy atom. The maximum atomic E-state index is 12.5. The Bertz CT molecular complexity index is 1060. The van der Waals surface area contributed by atoms with E-state index in [1.54, 1.807) is 24.7 Å². The Labute approximate surface area is 171 Å². The topological polar surface area (TPSA) is 70.2 Å². The first-order valence-electron chi connectivity index (χ1n) is 9.06. The van der Waals surface area contributed by atoms with Gasteiger partial charge in [-0.1, -0.05) is 35.3 Å². The van der Waals surface area contributed by atoms with Gasteiger partial charge in [0.1, 0.15) is 5.82 Å². The third-order valence-corrected chi connectivity index (χ3v) is 5.99. The van der Waals surface area contributed by atoms with Gasteiger partial charge in [-0.2, -0.15) is 0 Å². The summed E-state index contributed by atoms with van der Waals surface area (Å²) in [5.41, 5.74) is 0.780. The van der Waals surface area contributed by atoms with Crippen LogP contribution in [-0.2, 0) is 0 Å². The number of urea groups is 1. The third-order valence-electron chi connectivity index (χ3n) is 5.51. The van der Waals surface area contributed by atoms with Crippen LogP contribution < -0.4 is 15.5 Å². The number of nitrogens with one attached hydrogen (secondary N) is 2. The average molecular weight is 414 g/mol. The van der Waals surface area contributed by atoms with E-state index < -0.39 is 0 Å². The lowest BCUT2D eigenvalue weighted by atomic mass is 10.1. The predicted octanol–water partition coefficient (Wildman–Crippen LogP) is 4.19. The molecule has 0 bridgehead atoms. The molecule has 1 saturated heterocycles. The standard InChI is InChI=1S/C20H17Cl2N5O/c21-12-6-16(22)19(24-8-12)27-9-14-15(10-27)18(14)26-20(28)25-17-3-1-2-11-7-23-5-4-13(11)17/h1-8,14-15,18H,9-10H2,(H2,25,26,28). The van der Waals surface area contributed by atoms with Crippen molar-refractivity contribution in [1.29, 1.82) is 0 Å². The summed E-state index contributed by atoms with van der Waals surface area (Å²) in [7, 11) is 0. The minimum Gasteiger partial charge on any atom is -0.355 e. The van der Waals surface area contributed by atoms with Crippen LogP contribution >= 0.6 is 23.2 Å². The number of nitrogens with zero attached hydrogens (tertiary/aromatic N) is 3. The van der Waals surface area contributed by atoms with Gasteiger partial charge in [0.2, 0.25) is 0 Å². The second-order valence-electron chi connectivity index (χ2n) is 7.22. The largest absolute Gasteiger partial charge is 0.355 e. The quantitative estimate of drug-likeness (QED) is 0.674. The lowest BCUT2D eigenvalue weighted by Gasteiger charge is -2.22. The molecule has 1 saturated carbocycles. The fourth-order valence-corrected chi connectivity index (χ4v) is 4.59. The van der Waals surface area contributed by atoms with E-state index in [4.69, 9.17) is 23.2 Å². The van der Waals surface area contributed by atoms with Crippen molar-refractivity contribution in [3.05, 3.63) is 59.0 Å². The smallest absolute Gasteiger partial charge is 0.319 e. The van der Waals surface area contributed by atoms with Crippen LogP contribution in [-0.4, -0.2) is 35.1 Å². The van der Waals surface area contributed by atoms with Gasteiger partial charge in [-0.05, 0) is 18.2 Å². The lowest BCUT2D eigenvalue weighted by molar-refractivity contribution is 0.250. The van der Waals surface area contributed by atoms with Crippen molar-refractivity contribution in [2.45, 2.75) is 6.04 Å². The van der Waals surface area contributed by atoms with Gasteiger partial charge in [-0.25, -0.2) is 9.78 Å². The van der Waals surface area contributed by atoms with Gasteiger partial charge in [0, 0.05) is 60.3 Å². The summed E-state index contributed by atoms with van der Waals surface area (Å²) in [5, 5.41) is 9.11. The second kappa shape index (κ2) is 6.79. The summed E-state index contributed by atoms with van der Waals surface area (Å²) in [6.07, 6.45) is 5.12. The average Bonchev–Trinajstić information content (AvgIpc) is 3.11. The van der Waals surface area contributed by atoms with Gasteiger partial charge in [-0.3, -0.25) is 4.98 Å². The lowest BCUT2D eigenvalue weighted by Crippen LogP contribution is -2.37. The van der Waals surface area contributed by atoms with Crippen LogP contribution in [0.3, 0.4) is 0 Å². The van der Waals surface area contributed by atoms with Crippen LogP contribution in [0.2, 0.25) is 10.0 Å². The number of fused-ring (bicyclic) bond motifs is 2. The number of anilines is 2. The van der Waals surface area contributed by atoms with Gasteiger partial charge in [-0.15, -0.1) is 0 Å². The van der Waals surface area contributed by atoms with Crippen molar-refractivity contribution in [2.75, 3.05) is 23.3 Å². The van der Waals surface area contributed by atoms with E-state index in [9.17, 15) is 4.79 Å². The van der Waals surface area contributed by atoms with E-state index in [-0.39, 0.29) is 12.1 Å². The maximum absolute atomic E-state index is 12.5. The number of carbonyl (C=O) groups excluding carboxylic acids is 1. The summed E-state index contributed by atoms with van der Waals surface area (Å²) in [6, 6.07) is 9.38. The molecule has 2 unspecified atom stereocenters. The number of halogens is 2. The molecular weight excluding hydrogens is 397 g/mol. The number of hydrogen-bond donors (Lipinski definition) is 2. The Morgan fingerprint density at radius 1 is 1.14 bits per heavy atom. The number of carbonyl (C=O) groups is 1. The highest BCUT2D eigenvalue weighted by Gasteiger charge is 2.57. The molecule has 8 heteroatoms. The van der Waals surface area contributed by atoms with E-state index in [1.165, 1.54) is 0 Å². The van der Waals surface area contributed by atoms with E-state index in [0.29, 0.717) is 21.9 Å². The molecule has 2 aliphatic rings. The first-order valence-corrected chi connectivity index (χ1v) is 9.82. The van der Waals surface area contributed by atoms with Crippen LogP contribution in [0.25, 0.3) is 10.8 Å². The molecule has 0 spiro atoms. The summed E-state index contributed by atoms with van der Waals surface area (Å²) in [4.78, 5) is 23.1. The van der Waals surface area contributed by atoms with Gasteiger partial charge >= 0.3 is 6.03 Å². The van der Waals surface area contributed by atoms with Gasteiger partial charge in [0.15, 0.2) is 0 Å². The monoisotopic (exact) mass is 413 g/mol. The zero-order valence-electron chi connectivity index (χ0n) is 14.8. The molecule has 6 nitrogen and oxygen atoms in total. The molecule has 1 aromatic carbocycles. The van der Waals surface area contributed by atoms with E-state index in [0.717, 1.165) is 35.4 Å². The molecule has 2 N–H and O–H groups in total. The van der Waals surface area contributed by atoms with Crippen LogP contribution in [0.4, 0.5) is 16.3 Å². The van der Waals surface area contributed by atoms with E-state index in [1.807, 2.05) is 24.3 Å². The summed E-state index contributed by atoms with van der Waals surface area (Å²) in [5.74, 6) is 1.58. The highest BCUT2D eigenvalue weighted by molar-refractivity contribution is 6.36. The summed E-state index contributed by atoms with van der Waals surface area (Å²) in [6.45, 7) is 1.65. The first-order chi connectivity index (χ1) is 13.6. The summed E-state index contributed by atoms with van der Waals surface area (Å²) < 4.78 is 0. The predicted molar refractivity (Wildman–Crippen MR) is 111 cm³/mol. The van der Waals surface area contributed by atoms with Crippen LogP contribution in [0.5, 0.6) is 0 Å². The van der Waals surface area contributed by atoms with Crippen LogP contribution in [0.1, 0.15) is 0 Å². The molecule has 0 radical (unpaired) electrons. The molecule has 2 atom stereocenters. The van der Waals surface area contributed by atoms with Gasteiger partial charge < -0.3 is 15.5 Å². The Balaban J connectivity index is 1.21. The molecule has 2 fully saturated rings. The molecule has 142 valence electrons. The fourth-order valence-electron chi connectivity index (χ4n) is 4.09. The number of amides is 2. The number of aromatic nitrogens is 2. The third kappa shape index (κ3) is 3.12. The normalized spacial score (nSPS) is 22.8. The molecular formula is C20H17Cl2N5O. The molecule has 3 heterocycles. The highest BCUT2D eigenvalue weighted by atomic mass is 35.5. The van der Waals surface area contributed by atoms with E-state index in [2.05, 4.69) is 25.5 Å². The summed E-state index contributed by atoms with van der Waals surface area (Å²) >= 11 is 12.2. The molecule has 28 heavy (non-hydrogen) atoms. The zero-order chi connectivity index (χ0) is 19.3. The van der Waals surface area contributed by atoms with Crippen molar-refractivity contribution in [3.8, 4) is 0 Å². The minimum atomic E-state index is -0.182. The molecule has 1 aliphatic heterocycles. The maximum Gasteiger partial charge on any atom is 0.319 e. The molecule has 2 aromatic heterocycles. The van der Waals surface area contributed by atoms with Crippen molar-refractivity contribution < 1.29 is 4.79 Å². The number of piperidine rings is 1. The van der Waals surface area contributed by atoms with Crippen LogP contribution in [0.15, 0.2) is 48.9 Å². The minimum absolute atomic E-state index is 0.180. The van der Waals surface area contributed by atoms with Crippen molar-refractivity contribution in [1.82, 2.24) is 15.3 Å². The number of hydrogen-bond acceptors (Lipinski definition) is 4. The number of benzene rings is 1. The SMILES string of the molecule is O=C(Nc1cccc2cnccc12)NC1C2CN(c3ncc(Cl)cc3Cl)CC21. The Morgan fingerprint density at radius 3 is 2.75 bits per heavy atom. The number of rotatable bonds is 3. The van der Waals surface area contributed by atoms with Crippen molar-refractivity contribution in [2.24, 2.45) is 11.8 Å². The fraction of sp³-hybridized carbons (Fsp3) is 0.250. The van der Waals surface area contributed by atoms with E-state index >= 15 is 0 Å². The first kappa shape index (κ1) is 17.5. The molecule has 5 rings (SSSR count). The van der Waals surface area contributed by atoms with Crippen molar-refractivity contribution in [3.63, 3.8) is 0 Å². The second-order valence-corrected chi connectivity index (χ2v) is 8.06. The highest BCUT2D eigenvalue weighted by Crippen LogP contribution is 2.47. The van der Waals surface area contributed by atoms with Crippen LogP contribution in [0, 0.1) is 11.8 Å². The molecule has 1 aliphatic carbocycles. The number of pyridine rings is 2. The molecule has 3 aromatic rings. The molecule has 2 amide bonds. The van der Waals surface area contributed by atoms with Gasteiger partial charge in [0.05, 0.1) is 15.7 Å². The Hall–Kier alpha value is -2.57.